The summed E-state index contributed by atoms with van der Waals surface area (Å²) in [5, 5.41) is 0. The zero-order valence-electron chi connectivity index (χ0n) is 10.1. The van der Waals surface area contributed by atoms with Crippen molar-refractivity contribution in [3.63, 3.8) is 0 Å². The van der Waals surface area contributed by atoms with Crippen molar-refractivity contribution in [1.82, 2.24) is 0 Å². The zero-order valence-corrected chi connectivity index (χ0v) is 10.1. The fourth-order valence-electron chi connectivity index (χ4n) is 0.876. The Labute approximate surface area is 99.5 Å². The van der Waals surface area contributed by atoms with E-state index in [4.69, 9.17) is 4.74 Å². The fourth-order valence-corrected chi connectivity index (χ4v) is 0.876. The van der Waals surface area contributed by atoms with Gasteiger partial charge in [0.25, 0.3) is 5.78 Å². The van der Waals surface area contributed by atoms with E-state index in [1.165, 1.54) is 0 Å². The van der Waals surface area contributed by atoms with Crippen molar-refractivity contribution >= 4 is 17.7 Å². The average Bonchev–Trinajstić information content (AvgIpc) is 2.30. The van der Waals surface area contributed by atoms with Crippen molar-refractivity contribution in [2.45, 2.75) is 20.8 Å². The van der Waals surface area contributed by atoms with E-state index in [-0.39, 0.29) is 19.8 Å². The van der Waals surface area contributed by atoms with Crippen LogP contribution < -0.4 is 0 Å². The van der Waals surface area contributed by atoms with Crippen LogP contribution in [0, 0.1) is 0 Å². The maximum absolute atomic E-state index is 11.5. The molecule has 6 nitrogen and oxygen atoms in total. The van der Waals surface area contributed by atoms with Crippen LogP contribution >= 0.6 is 0 Å². The summed E-state index contributed by atoms with van der Waals surface area (Å²) < 4.78 is 14.0. The van der Waals surface area contributed by atoms with E-state index in [0.717, 1.165) is 6.26 Å². The molecule has 0 aliphatic carbocycles. The van der Waals surface area contributed by atoms with Gasteiger partial charge in [-0.1, -0.05) is 0 Å². The molecule has 0 aromatic carbocycles. The van der Waals surface area contributed by atoms with Gasteiger partial charge in [0.2, 0.25) is 0 Å². The van der Waals surface area contributed by atoms with Gasteiger partial charge in [0.15, 0.2) is 0 Å². The molecule has 0 saturated heterocycles. The average molecular weight is 244 g/mol. The number of Topliss-reactive ketones (excluding diaryl/α,β-unsaturated/α-hetero) is 1. The molecule has 0 aliphatic rings. The van der Waals surface area contributed by atoms with E-state index in [9.17, 15) is 14.4 Å². The van der Waals surface area contributed by atoms with E-state index >= 15 is 0 Å². The normalized spacial score (nSPS) is 10.6. The largest absolute Gasteiger partial charge is 0.500 e. The lowest BCUT2D eigenvalue weighted by atomic mass is 10.2. The smallest absolute Gasteiger partial charge is 0.380 e. The summed E-state index contributed by atoms with van der Waals surface area (Å²) in [5.74, 6) is -3.08. The van der Waals surface area contributed by atoms with Crippen LogP contribution in [-0.2, 0) is 28.6 Å². The Morgan fingerprint density at radius 3 is 1.88 bits per heavy atom. The lowest BCUT2D eigenvalue weighted by Gasteiger charge is -2.05. The van der Waals surface area contributed by atoms with Crippen LogP contribution in [0.3, 0.4) is 0 Å². The number of carbonyl (C=O) groups excluding carboxylic acids is 3. The highest BCUT2D eigenvalue weighted by atomic mass is 16.5. The minimum absolute atomic E-state index is 0.0509. The Balaban J connectivity index is 4.86. The number of rotatable bonds is 7. The highest BCUT2D eigenvalue weighted by Crippen LogP contribution is 2.03. The minimum Gasteiger partial charge on any atom is -0.500 e. The van der Waals surface area contributed by atoms with Crippen molar-refractivity contribution in [3.05, 3.63) is 11.8 Å². The van der Waals surface area contributed by atoms with Crippen LogP contribution in [0.1, 0.15) is 20.8 Å². The van der Waals surface area contributed by atoms with Crippen molar-refractivity contribution in [1.29, 1.82) is 0 Å². The molecule has 0 aliphatic heterocycles. The number of carbonyl (C=O) groups is 3. The first kappa shape index (κ1) is 15.2. The van der Waals surface area contributed by atoms with Crippen LogP contribution in [0.2, 0.25) is 0 Å². The van der Waals surface area contributed by atoms with Crippen molar-refractivity contribution < 1.29 is 28.6 Å². The first-order valence-electron chi connectivity index (χ1n) is 5.28. The topological polar surface area (TPSA) is 78.9 Å². The van der Waals surface area contributed by atoms with Gasteiger partial charge >= 0.3 is 11.9 Å². The van der Waals surface area contributed by atoms with Crippen LogP contribution in [0.15, 0.2) is 11.8 Å². The van der Waals surface area contributed by atoms with Gasteiger partial charge in [0.1, 0.15) is 11.8 Å². The van der Waals surface area contributed by atoms with Crippen LogP contribution in [-0.4, -0.2) is 37.5 Å². The molecule has 0 rings (SSSR count). The third-order valence-corrected chi connectivity index (χ3v) is 1.57. The number of hydrogen-bond acceptors (Lipinski definition) is 6. The van der Waals surface area contributed by atoms with E-state index < -0.39 is 23.3 Å². The molecule has 0 spiro atoms. The molecule has 0 fully saturated rings. The standard InChI is InChI=1S/C11H16O6/c1-4-15-7-8(10(13)16-5-2)9(12)11(14)17-6-3/h7H,4-6H2,1-3H3/b8-7-. The minimum atomic E-state index is -1.11. The molecule has 17 heavy (non-hydrogen) atoms. The molecule has 96 valence electrons. The summed E-state index contributed by atoms with van der Waals surface area (Å²) in [6.07, 6.45) is 0.914. The molecule has 0 radical (unpaired) electrons. The first-order chi connectivity index (χ1) is 8.08. The Morgan fingerprint density at radius 1 is 0.882 bits per heavy atom. The molecule has 0 amide bonds. The van der Waals surface area contributed by atoms with Gasteiger partial charge < -0.3 is 14.2 Å². The Kier molecular flexibility index (Phi) is 7.41. The second kappa shape index (κ2) is 8.32. The molecule has 0 saturated carbocycles. The number of ketones is 1. The van der Waals surface area contributed by atoms with E-state index in [1.807, 2.05) is 0 Å². The molecule has 0 aromatic heterocycles. The molecule has 0 aromatic rings. The van der Waals surface area contributed by atoms with Gasteiger partial charge in [0, 0.05) is 0 Å². The summed E-state index contributed by atoms with van der Waals surface area (Å²) in [7, 11) is 0. The third-order valence-electron chi connectivity index (χ3n) is 1.57. The third kappa shape index (κ3) is 5.14. The van der Waals surface area contributed by atoms with Gasteiger partial charge in [-0.2, -0.15) is 0 Å². The summed E-state index contributed by atoms with van der Waals surface area (Å²) >= 11 is 0. The van der Waals surface area contributed by atoms with Crippen molar-refractivity contribution in [2.24, 2.45) is 0 Å². The van der Waals surface area contributed by atoms with E-state index in [1.54, 1.807) is 20.8 Å². The maximum Gasteiger partial charge on any atom is 0.380 e. The summed E-state index contributed by atoms with van der Waals surface area (Å²) in [6.45, 7) is 5.23. The second-order valence-corrected chi connectivity index (χ2v) is 2.76. The Hall–Kier alpha value is -1.85. The molecule has 6 heteroatoms. The summed E-state index contributed by atoms with van der Waals surface area (Å²) in [4.78, 5) is 34.1. The predicted octanol–water partition coefficient (Wildman–Crippen LogP) is 0.602. The molecule has 0 N–H and O–H groups in total. The predicted molar refractivity (Wildman–Crippen MR) is 58.0 cm³/mol. The molecular formula is C11H16O6. The molecule has 0 unspecified atom stereocenters. The SMILES string of the molecule is CCO/C=C(\C(=O)OCC)C(=O)C(=O)OCC. The maximum atomic E-state index is 11.5. The number of hydrogen-bond donors (Lipinski definition) is 0. The van der Waals surface area contributed by atoms with Crippen LogP contribution in [0.4, 0.5) is 0 Å². The van der Waals surface area contributed by atoms with Crippen LogP contribution in [0.25, 0.3) is 0 Å². The van der Waals surface area contributed by atoms with E-state index in [2.05, 4.69) is 9.47 Å². The Bertz CT molecular complexity index is 318. The second-order valence-electron chi connectivity index (χ2n) is 2.76. The van der Waals surface area contributed by atoms with Crippen LogP contribution in [0.5, 0.6) is 0 Å². The lowest BCUT2D eigenvalue weighted by Crippen LogP contribution is -2.25. The molecular weight excluding hydrogens is 228 g/mol. The molecule has 0 heterocycles. The highest BCUT2D eigenvalue weighted by molar-refractivity contribution is 6.46. The summed E-state index contributed by atoms with van der Waals surface area (Å²) in [6, 6.07) is 0. The van der Waals surface area contributed by atoms with Gasteiger partial charge in [-0.05, 0) is 20.8 Å². The van der Waals surface area contributed by atoms with Gasteiger partial charge in [-0.15, -0.1) is 0 Å². The number of ether oxygens (including phenoxy) is 3. The highest BCUT2D eigenvalue weighted by Gasteiger charge is 2.27. The van der Waals surface area contributed by atoms with Crippen molar-refractivity contribution in [3.8, 4) is 0 Å². The quantitative estimate of drug-likeness (QED) is 0.163. The summed E-state index contributed by atoms with van der Waals surface area (Å²) in [5.41, 5.74) is -0.466. The van der Waals surface area contributed by atoms with Gasteiger partial charge in [-0.3, -0.25) is 4.79 Å². The number of esters is 2. The van der Waals surface area contributed by atoms with E-state index in [0.29, 0.717) is 0 Å². The lowest BCUT2D eigenvalue weighted by molar-refractivity contribution is -0.154. The van der Waals surface area contributed by atoms with Gasteiger partial charge in [-0.25, -0.2) is 9.59 Å². The zero-order chi connectivity index (χ0) is 13.3. The molecule has 0 bridgehead atoms. The monoisotopic (exact) mass is 244 g/mol. The molecule has 0 atom stereocenters. The fraction of sp³-hybridized carbons (Fsp3) is 0.545. The van der Waals surface area contributed by atoms with Gasteiger partial charge in [0.05, 0.1) is 19.8 Å². The Morgan fingerprint density at radius 2 is 1.41 bits per heavy atom. The van der Waals surface area contributed by atoms with Crippen molar-refractivity contribution in [2.75, 3.05) is 19.8 Å². The first-order valence-corrected chi connectivity index (χ1v) is 5.28.